The first-order valence-corrected chi connectivity index (χ1v) is 3.50. The molecule has 0 saturated heterocycles. The van der Waals surface area contributed by atoms with Gasteiger partial charge in [0.05, 0.1) is 6.42 Å². The van der Waals surface area contributed by atoms with Gasteiger partial charge in [0.2, 0.25) is 0 Å². The molecule has 3 N–H and O–H groups in total. The Morgan fingerprint density at radius 1 is 1.42 bits per heavy atom. The molecule has 0 aliphatic carbocycles. The lowest BCUT2D eigenvalue weighted by atomic mass is 10.1. The van der Waals surface area contributed by atoms with E-state index in [0.717, 1.165) is 5.56 Å². The molecule has 4 heteroatoms. The zero-order valence-electron chi connectivity index (χ0n) is 6.47. The van der Waals surface area contributed by atoms with Crippen molar-refractivity contribution in [1.82, 2.24) is 5.17 Å². The normalized spacial score (nSPS) is 9.50. The van der Waals surface area contributed by atoms with Crippen LogP contribution in [0.4, 0.5) is 0 Å². The summed E-state index contributed by atoms with van der Waals surface area (Å²) in [6.45, 7) is 0. The highest BCUT2D eigenvalue weighted by molar-refractivity contribution is 5.76. The molecule has 0 spiro atoms. The van der Waals surface area contributed by atoms with Crippen molar-refractivity contribution in [3.8, 4) is 0 Å². The Balaban J connectivity index is 2.59. The fourth-order valence-electron chi connectivity index (χ4n) is 0.851. The topological polar surface area (TPSA) is 66.6 Å². The molecule has 64 valence electrons. The van der Waals surface area contributed by atoms with E-state index in [0.29, 0.717) is 0 Å². The lowest BCUT2D eigenvalue weighted by Gasteiger charge is -2.06. The van der Waals surface area contributed by atoms with Crippen molar-refractivity contribution in [2.75, 3.05) is 0 Å². The molecule has 0 aromatic heterocycles. The Morgan fingerprint density at radius 2 is 2.00 bits per heavy atom. The van der Waals surface area contributed by atoms with Crippen molar-refractivity contribution in [3.05, 3.63) is 35.9 Å². The van der Waals surface area contributed by atoms with E-state index in [2.05, 4.69) is 0 Å². The minimum Gasteiger partial charge on any atom is -0.271 e. The number of rotatable bonds is 2. The summed E-state index contributed by atoms with van der Waals surface area (Å²) in [6, 6.07) is 9.08. The van der Waals surface area contributed by atoms with E-state index in [9.17, 15) is 4.79 Å². The second kappa shape index (κ2) is 3.85. The Bertz CT molecular complexity index is 259. The van der Waals surface area contributed by atoms with Crippen molar-refractivity contribution in [3.63, 3.8) is 0 Å². The third-order valence-corrected chi connectivity index (χ3v) is 1.45. The predicted octanol–water partition coefficient (Wildman–Crippen LogP) is 0.321. The van der Waals surface area contributed by atoms with E-state index in [1.807, 2.05) is 18.2 Å². The van der Waals surface area contributed by atoms with Crippen LogP contribution in [0.1, 0.15) is 5.56 Å². The van der Waals surface area contributed by atoms with E-state index in [4.69, 9.17) is 11.0 Å². The summed E-state index contributed by atoms with van der Waals surface area (Å²) in [4.78, 5) is 10.9. The van der Waals surface area contributed by atoms with Crippen LogP contribution < -0.4 is 5.84 Å². The number of nitrogens with zero attached hydrogens (tertiary/aromatic N) is 1. The molecule has 1 aromatic rings. The molecule has 12 heavy (non-hydrogen) atoms. The van der Waals surface area contributed by atoms with Gasteiger partial charge in [-0.25, -0.2) is 5.84 Å². The largest absolute Gasteiger partial charge is 0.271 e. The van der Waals surface area contributed by atoms with Gasteiger partial charge < -0.3 is 0 Å². The van der Waals surface area contributed by atoms with Gasteiger partial charge in [-0.05, 0) is 5.56 Å². The van der Waals surface area contributed by atoms with Crippen molar-refractivity contribution in [1.29, 1.82) is 0 Å². The first-order chi connectivity index (χ1) is 5.70. The van der Waals surface area contributed by atoms with E-state index in [1.165, 1.54) is 0 Å². The molecule has 0 bridgehead atoms. The number of amides is 1. The standard InChI is InChI=1S/C8H10N2O2/c9-10(12)8(11)6-7-4-2-1-3-5-7/h1-5,12H,6,9H2. The van der Waals surface area contributed by atoms with E-state index in [1.54, 1.807) is 12.1 Å². The van der Waals surface area contributed by atoms with Crippen LogP contribution in [0.2, 0.25) is 0 Å². The third-order valence-electron chi connectivity index (χ3n) is 1.45. The minimum atomic E-state index is -0.527. The second-order valence-corrected chi connectivity index (χ2v) is 2.40. The number of carbonyl (C=O) groups is 1. The van der Waals surface area contributed by atoms with Crippen molar-refractivity contribution >= 4 is 5.91 Å². The number of carbonyl (C=O) groups excluding carboxylic acids is 1. The number of nitrogens with two attached hydrogens (primary N) is 1. The smallest absolute Gasteiger partial charge is 0.265 e. The summed E-state index contributed by atoms with van der Waals surface area (Å²) in [6.07, 6.45) is 0.119. The summed E-state index contributed by atoms with van der Waals surface area (Å²) in [7, 11) is 0. The highest BCUT2D eigenvalue weighted by Crippen LogP contribution is 1.99. The number of hydrogen-bond donors (Lipinski definition) is 2. The van der Waals surface area contributed by atoms with E-state index < -0.39 is 5.91 Å². The molecule has 0 heterocycles. The molecule has 4 nitrogen and oxygen atoms in total. The summed E-state index contributed by atoms with van der Waals surface area (Å²) >= 11 is 0. The SMILES string of the molecule is NN(O)C(=O)Cc1ccccc1. The molecule has 0 fully saturated rings. The summed E-state index contributed by atoms with van der Waals surface area (Å²) < 4.78 is 0. The molecule has 1 rings (SSSR count). The van der Waals surface area contributed by atoms with Gasteiger partial charge in [-0.15, -0.1) is 0 Å². The summed E-state index contributed by atoms with van der Waals surface area (Å²) in [5.74, 6) is 4.30. The summed E-state index contributed by atoms with van der Waals surface area (Å²) in [5.41, 5.74) is 0.826. The molecular formula is C8H10N2O2. The van der Waals surface area contributed by atoms with E-state index >= 15 is 0 Å². The molecule has 0 unspecified atom stereocenters. The maximum atomic E-state index is 10.9. The second-order valence-electron chi connectivity index (χ2n) is 2.40. The molecule has 1 amide bonds. The minimum absolute atomic E-state index is 0.104. The predicted molar refractivity (Wildman–Crippen MR) is 43.0 cm³/mol. The Kier molecular flexibility index (Phi) is 2.79. The molecule has 0 aliphatic rings. The monoisotopic (exact) mass is 166 g/mol. The maximum absolute atomic E-state index is 10.9. The molecule has 0 saturated carbocycles. The Labute approximate surface area is 70.1 Å². The van der Waals surface area contributed by atoms with Crippen molar-refractivity contribution in [2.45, 2.75) is 6.42 Å². The Hall–Kier alpha value is -1.39. The Morgan fingerprint density at radius 3 is 2.50 bits per heavy atom. The van der Waals surface area contributed by atoms with Crippen LogP contribution in [-0.4, -0.2) is 16.3 Å². The highest BCUT2D eigenvalue weighted by atomic mass is 16.5. The number of benzene rings is 1. The van der Waals surface area contributed by atoms with Crippen LogP contribution in [0.3, 0.4) is 0 Å². The first kappa shape index (κ1) is 8.70. The van der Waals surface area contributed by atoms with Crippen LogP contribution >= 0.6 is 0 Å². The fraction of sp³-hybridized carbons (Fsp3) is 0.125. The van der Waals surface area contributed by atoms with Gasteiger partial charge in [-0.3, -0.25) is 10.0 Å². The zero-order valence-corrected chi connectivity index (χ0v) is 6.47. The number of hydrogen-bond acceptors (Lipinski definition) is 3. The zero-order chi connectivity index (χ0) is 8.97. The van der Waals surface area contributed by atoms with Crippen LogP contribution in [-0.2, 0) is 11.2 Å². The van der Waals surface area contributed by atoms with Gasteiger partial charge in [0.15, 0.2) is 0 Å². The first-order valence-electron chi connectivity index (χ1n) is 3.50. The number of hydroxylamine groups is 1. The van der Waals surface area contributed by atoms with Gasteiger partial charge in [0, 0.05) is 0 Å². The summed E-state index contributed by atoms with van der Waals surface area (Å²) in [5, 5.41) is 8.65. The van der Waals surface area contributed by atoms with Crippen molar-refractivity contribution in [2.24, 2.45) is 5.84 Å². The van der Waals surface area contributed by atoms with Gasteiger partial charge in [-0.1, -0.05) is 30.3 Å². The maximum Gasteiger partial charge on any atom is 0.265 e. The lowest BCUT2D eigenvalue weighted by molar-refractivity contribution is -0.165. The van der Waals surface area contributed by atoms with Crippen molar-refractivity contribution < 1.29 is 10.0 Å². The third kappa shape index (κ3) is 2.34. The fourth-order valence-corrected chi connectivity index (χ4v) is 0.851. The van der Waals surface area contributed by atoms with E-state index in [-0.39, 0.29) is 11.6 Å². The molecule has 1 aromatic carbocycles. The molecule has 0 atom stereocenters. The molecule has 0 radical (unpaired) electrons. The number of hydrazine groups is 1. The van der Waals surface area contributed by atoms with Crippen LogP contribution in [0, 0.1) is 0 Å². The molecular weight excluding hydrogens is 156 g/mol. The lowest BCUT2D eigenvalue weighted by Crippen LogP contribution is -2.34. The average Bonchev–Trinajstić information content (AvgIpc) is 2.06. The van der Waals surface area contributed by atoms with Gasteiger partial charge in [0.25, 0.3) is 5.91 Å². The van der Waals surface area contributed by atoms with Crippen LogP contribution in [0.25, 0.3) is 0 Å². The van der Waals surface area contributed by atoms with Gasteiger partial charge in [0.1, 0.15) is 0 Å². The molecule has 0 aliphatic heterocycles. The van der Waals surface area contributed by atoms with Gasteiger partial charge >= 0.3 is 0 Å². The van der Waals surface area contributed by atoms with Crippen LogP contribution in [0.5, 0.6) is 0 Å². The average molecular weight is 166 g/mol. The van der Waals surface area contributed by atoms with Gasteiger partial charge in [-0.2, -0.15) is 5.17 Å². The highest BCUT2D eigenvalue weighted by Gasteiger charge is 2.06. The quantitative estimate of drug-likeness (QED) is 0.288. The van der Waals surface area contributed by atoms with Crippen LogP contribution in [0.15, 0.2) is 30.3 Å².